The molecule has 0 aliphatic carbocycles. The van der Waals surface area contributed by atoms with Crippen LogP contribution in [0, 0.1) is 5.92 Å². The fraction of sp³-hybridized carbons (Fsp3) is 0.462. The lowest BCUT2D eigenvalue weighted by Crippen LogP contribution is -2.37. The van der Waals surface area contributed by atoms with E-state index in [1.165, 1.54) is 0 Å². The van der Waals surface area contributed by atoms with Crippen molar-refractivity contribution in [3.63, 3.8) is 0 Å². The molecule has 0 aromatic heterocycles. The zero-order chi connectivity index (χ0) is 13.0. The maximum atomic E-state index is 12.1. The number of hydrogen-bond donors (Lipinski definition) is 2. The van der Waals surface area contributed by atoms with Crippen molar-refractivity contribution >= 4 is 27.5 Å². The van der Waals surface area contributed by atoms with Gasteiger partial charge in [0.15, 0.2) is 0 Å². The smallest absolute Gasteiger partial charge is 0.228 e. The predicted octanol–water partition coefficient (Wildman–Crippen LogP) is 2.40. The summed E-state index contributed by atoms with van der Waals surface area (Å²) >= 11 is 3.39. The van der Waals surface area contributed by atoms with Crippen LogP contribution in [0.3, 0.4) is 0 Å². The van der Waals surface area contributed by atoms with E-state index < -0.39 is 0 Å². The molecule has 2 rings (SSSR count). The molecule has 1 heterocycles. The lowest BCUT2D eigenvalue weighted by atomic mass is 9.99. The molecule has 1 saturated heterocycles. The van der Waals surface area contributed by atoms with Gasteiger partial charge < -0.3 is 15.4 Å². The number of rotatable bonds is 3. The molecule has 4 nitrogen and oxygen atoms in total. The molecule has 2 N–H and O–H groups in total. The third-order valence-corrected chi connectivity index (χ3v) is 3.58. The van der Waals surface area contributed by atoms with E-state index in [4.69, 9.17) is 4.74 Å². The summed E-state index contributed by atoms with van der Waals surface area (Å²) in [5, 5.41) is 6.18. The second-order valence-electron chi connectivity index (χ2n) is 4.38. The van der Waals surface area contributed by atoms with Gasteiger partial charge in [0.1, 0.15) is 5.75 Å². The largest absolute Gasteiger partial charge is 0.495 e. The lowest BCUT2D eigenvalue weighted by Gasteiger charge is -2.22. The maximum absolute atomic E-state index is 12.1. The molecule has 5 heteroatoms. The normalized spacial score (nSPS) is 19.3. The number of hydrogen-bond acceptors (Lipinski definition) is 3. The highest BCUT2D eigenvalue weighted by Crippen LogP contribution is 2.28. The van der Waals surface area contributed by atoms with Crippen LogP contribution in [0.15, 0.2) is 22.7 Å². The summed E-state index contributed by atoms with van der Waals surface area (Å²) < 4.78 is 6.15. The van der Waals surface area contributed by atoms with Gasteiger partial charge in [0.05, 0.1) is 18.7 Å². The van der Waals surface area contributed by atoms with Crippen LogP contribution in [-0.2, 0) is 4.79 Å². The Balaban J connectivity index is 2.07. The molecule has 1 unspecified atom stereocenters. The first kappa shape index (κ1) is 13.4. The van der Waals surface area contributed by atoms with E-state index in [9.17, 15) is 4.79 Å². The van der Waals surface area contributed by atoms with E-state index in [2.05, 4.69) is 26.6 Å². The zero-order valence-electron chi connectivity index (χ0n) is 10.3. The molecule has 0 saturated carbocycles. The summed E-state index contributed by atoms with van der Waals surface area (Å²) in [6.07, 6.45) is 1.99. The van der Waals surface area contributed by atoms with Crippen LogP contribution >= 0.6 is 15.9 Å². The molecule has 1 amide bonds. The number of benzene rings is 1. The van der Waals surface area contributed by atoms with Gasteiger partial charge in [0, 0.05) is 11.0 Å². The lowest BCUT2D eigenvalue weighted by molar-refractivity contribution is -0.120. The summed E-state index contributed by atoms with van der Waals surface area (Å²) in [4.78, 5) is 12.1. The minimum Gasteiger partial charge on any atom is -0.495 e. The van der Waals surface area contributed by atoms with Gasteiger partial charge in [0.2, 0.25) is 5.91 Å². The molecular formula is C13H17BrN2O2. The van der Waals surface area contributed by atoms with Gasteiger partial charge in [0.25, 0.3) is 0 Å². The Labute approximate surface area is 115 Å². The molecule has 1 aliphatic rings. The van der Waals surface area contributed by atoms with Crippen molar-refractivity contribution in [2.24, 2.45) is 5.92 Å². The van der Waals surface area contributed by atoms with E-state index >= 15 is 0 Å². The van der Waals surface area contributed by atoms with E-state index in [-0.39, 0.29) is 11.8 Å². The van der Waals surface area contributed by atoms with Crippen molar-refractivity contribution in [2.45, 2.75) is 12.8 Å². The number of carbonyl (C=O) groups is 1. The number of piperidine rings is 1. The monoisotopic (exact) mass is 312 g/mol. The minimum absolute atomic E-state index is 0.0439. The molecule has 0 radical (unpaired) electrons. The number of amides is 1. The Morgan fingerprint density at radius 2 is 2.39 bits per heavy atom. The second-order valence-corrected chi connectivity index (χ2v) is 5.29. The van der Waals surface area contributed by atoms with E-state index in [0.29, 0.717) is 11.4 Å². The van der Waals surface area contributed by atoms with Gasteiger partial charge in [-0.15, -0.1) is 0 Å². The summed E-state index contributed by atoms with van der Waals surface area (Å²) in [6, 6.07) is 5.57. The molecule has 0 spiro atoms. The Bertz CT molecular complexity index is 431. The highest BCUT2D eigenvalue weighted by atomic mass is 79.9. The molecule has 1 aliphatic heterocycles. The molecule has 1 atom stereocenters. The number of carbonyl (C=O) groups excluding carboxylic acids is 1. The van der Waals surface area contributed by atoms with Crippen molar-refractivity contribution in [3.8, 4) is 5.75 Å². The van der Waals surface area contributed by atoms with Gasteiger partial charge in [-0.3, -0.25) is 4.79 Å². The third-order valence-electron chi connectivity index (χ3n) is 3.09. The number of ether oxygens (including phenoxy) is 1. The Morgan fingerprint density at radius 1 is 1.56 bits per heavy atom. The number of methoxy groups -OCH3 is 1. The highest BCUT2D eigenvalue weighted by Gasteiger charge is 2.21. The van der Waals surface area contributed by atoms with Gasteiger partial charge in [-0.2, -0.15) is 0 Å². The van der Waals surface area contributed by atoms with Crippen LogP contribution in [0.4, 0.5) is 5.69 Å². The van der Waals surface area contributed by atoms with E-state index in [1.807, 2.05) is 18.2 Å². The Kier molecular flexibility index (Phi) is 4.60. The minimum atomic E-state index is 0.0439. The second kappa shape index (κ2) is 6.20. The van der Waals surface area contributed by atoms with Crippen molar-refractivity contribution in [1.29, 1.82) is 0 Å². The SMILES string of the molecule is COc1ccc(Br)cc1NC(=O)C1CCCNC1. The van der Waals surface area contributed by atoms with Crippen LogP contribution < -0.4 is 15.4 Å². The third kappa shape index (κ3) is 3.23. The fourth-order valence-corrected chi connectivity index (χ4v) is 2.45. The van der Waals surface area contributed by atoms with Crippen LogP contribution in [0.2, 0.25) is 0 Å². The van der Waals surface area contributed by atoms with Crippen molar-refractivity contribution < 1.29 is 9.53 Å². The van der Waals surface area contributed by atoms with Crippen molar-refractivity contribution in [2.75, 3.05) is 25.5 Å². The standard InChI is InChI=1S/C13H17BrN2O2/c1-18-12-5-4-10(14)7-11(12)16-13(17)9-3-2-6-15-8-9/h4-5,7,9,15H,2-3,6,8H2,1H3,(H,16,17). The van der Waals surface area contributed by atoms with E-state index in [0.717, 1.165) is 30.4 Å². The summed E-state index contributed by atoms with van der Waals surface area (Å²) in [5.74, 6) is 0.774. The van der Waals surface area contributed by atoms with Crippen molar-refractivity contribution in [3.05, 3.63) is 22.7 Å². The first-order valence-corrected chi connectivity index (χ1v) is 6.85. The summed E-state index contributed by atoms with van der Waals surface area (Å²) in [6.45, 7) is 1.76. The Morgan fingerprint density at radius 3 is 3.06 bits per heavy atom. The quantitative estimate of drug-likeness (QED) is 0.901. The average Bonchev–Trinajstić information content (AvgIpc) is 2.40. The first-order chi connectivity index (χ1) is 8.70. The molecular weight excluding hydrogens is 296 g/mol. The molecule has 1 fully saturated rings. The van der Waals surface area contributed by atoms with Gasteiger partial charge in [-0.1, -0.05) is 15.9 Å². The van der Waals surface area contributed by atoms with Gasteiger partial charge in [-0.25, -0.2) is 0 Å². The van der Waals surface area contributed by atoms with Gasteiger partial charge in [-0.05, 0) is 37.6 Å². The van der Waals surface area contributed by atoms with Crippen LogP contribution in [0.1, 0.15) is 12.8 Å². The number of nitrogens with one attached hydrogen (secondary N) is 2. The summed E-state index contributed by atoms with van der Waals surface area (Å²) in [7, 11) is 1.60. The van der Waals surface area contributed by atoms with Crippen LogP contribution in [-0.4, -0.2) is 26.1 Å². The summed E-state index contributed by atoms with van der Waals surface area (Å²) in [5.41, 5.74) is 0.711. The molecule has 0 bridgehead atoms. The van der Waals surface area contributed by atoms with E-state index in [1.54, 1.807) is 7.11 Å². The maximum Gasteiger partial charge on any atom is 0.228 e. The molecule has 1 aromatic carbocycles. The topological polar surface area (TPSA) is 50.4 Å². The zero-order valence-corrected chi connectivity index (χ0v) is 11.9. The highest BCUT2D eigenvalue weighted by molar-refractivity contribution is 9.10. The number of anilines is 1. The molecule has 1 aromatic rings. The average molecular weight is 313 g/mol. The van der Waals surface area contributed by atoms with Gasteiger partial charge >= 0.3 is 0 Å². The van der Waals surface area contributed by atoms with Crippen molar-refractivity contribution in [1.82, 2.24) is 5.32 Å². The molecule has 98 valence electrons. The molecule has 18 heavy (non-hydrogen) atoms. The van der Waals surface area contributed by atoms with Crippen LogP contribution in [0.25, 0.3) is 0 Å². The predicted molar refractivity (Wildman–Crippen MR) is 74.9 cm³/mol. The van der Waals surface area contributed by atoms with Crippen LogP contribution in [0.5, 0.6) is 5.75 Å². The first-order valence-electron chi connectivity index (χ1n) is 6.06. The fourth-order valence-electron chi connectivity index (χ4n) is 2.09. The Hall–Kier alpha value is -1.07. The number of halogens is 1.